The summed E-state index contributed by atoms with van der Waals surface area (Å²) in [5, 5.41) is 13.5. The first kappa shape index (κ1) is 16.1. The first-order valence-electron chi connectivity index (χ1n) is 8.35. The van der Waals surface area contributed by atoms with Crippen molar-refractivity contribution in [3.8, 4) is 5.75 Å². The fourth-order valence-electron chi connectivity index (χ4n) is 3.51. The van der Waals surface area contributed by atoms with E-state index in [9.17, 15) is 14.7 Å². The third-order valence-corrected chi connectivity index (χ3v) is 4.55. The molecule has 1 aliphatic carbocycles. The number of carbonyl (C=O) groups excluding carboxylic acids is 2. The summed E-state index contributed by atoms with van der Waals surface area (Å²) < 4.78 is 0. The lowest BCUT2D eigenvalue weighted by atomic mass is 9.82. The Labute approximate surface area is 151 Å². The van der Waals surface area contributed by atoms with Gasteiger partial charge in [-0.05, 0) is 49.2 Å². The fourth-order valence-corrected chi connectivity index (χ4v) is 3.51. The molecule has 0 saturated carbocycles. The number of aromatic hydroxyl groups is 1. The summed E-state index contributed by atoms with van der Waals surface area (Å²) in [5.41, 5.74) is 4.48. The van der Waals surface area contributed by atoms with Crippen LogP contribution in [0.2, 0.25) is 0 Å². The van der Waals surface area contributed by atoms with E-state index < -0.39 is 0 Å². The Morgan fingerprint density at radius 3 is 1.96 bits per heavy atom. The molecule has 0 atom stereocenters. The fraction of sp³-hybridized carbons (Fsp3) is 0.0909. The Morgan fingerprint density at radius 2 is 1.35 bits per heavy atom. The summed E-state index contributed by atoms with van der Waals surface area (Å²) in [6.07, 6.45) is 0. The molecule has 128 valence electrons. The van der Waals surface area contributed by atoms with Crippen LogP contribution in [0.4, 0.5) is 11.4 Å². The molecule has 0 aromatic heterocycles. The van der Waals surface area contributed by atoms with Crippen molar-refractivity contribution in [2.45, 2.75) is 13.8 Å². The summed E-state index contributed by atoms with van der Waals surface area (Å²) in [6.45, 7) is 3.99. The Bertz CT molecular complexity index is 1060. The molecule has 0 fully saturated rings. The molecule has 4 nitrogen and oxygen atoms in total. The number of fused-ring (bicyclic) bond motifs is 2. The van der Waals surface area contributed by atoms with Gasteiger partial charge in [0.15, 0.2) is 11.6 Å². The highest BCUT2D eigenvalue weighted by molar-refractivity contribution is 6.31. The van der Waals surface area contributed by atoms with Gasteiger partial charge in [0.2, 0.25) is 0 Å². The van der Waals surface area contributed by atoms with Gasteiger partial charge in [-0.1, -0.05) is 30.3 Å². The maximum Gasteiger partial charge on any atom is 0.198 e. The number of phenolic OH excluding ortho intramolecular Hbond substituents is 1. The van der Waals surface area contributed by atoms with Crippen LogP contribution in [-0.4, -0.2) is 16.7 Å². The van der Waals surface area contributed by atoms with Gasteiger partial charge in [0.25, 0.3) is 0 Å². The largest absolute Gasteiger partial charge is 0.507 e. The van der Waals surface area contributed by atoms with Crippen LogP contribution in [0.15, 0.2) is 54.6 Å². The Balaban J connectivity index is 1.89. The van der Waals surface area contributed by atoms with Gasteiger partial charge in [0, 0.05) is 16.8 Å². The number of anilines is 2. The molecular formula is C22H17NO3. The maximum absolute atomic E-state index is 13.0. The van der Waals surface area contributed by atoms with Crippen molar-refractivity contribution in [3.63, 3.8) is 0 Å². The standard InChI is InChI=1S/C22H17NO3/c1-12-9-13(2)11-14(10-12)23-17-7-8-18(24)20-19(17)21(25)15-5-3-4-6-16(15)22(20)26/h3-11,23-24H,1-2H3. The van der Waals surface area contributed by atoms with Gasteiger partial charge in [-0.25, -0.2) is 0 Å². The summed E-state index contributed by atoms with van der Waals surface area (Å²) in [5.74, 6) is -0.784. The summed E-state index contributed by atoms with van der Waals surface area (Å²) in [7, 11) is 0. The lowest BCUT2D eigenvalue weighted by Gasteiger charge is -2.22. The minimum absolute atomic E-state index is 0.0584. The highest BCUT2D eigenvalue weighted by Crippen LogP contribution is 2.38. The van der Waals surface area contributed by atoms with Crippen LogP contribution in [0.25, 0.3) is 0 Å². The second kappa shape index (κ2) is 5.85. The molecule has 4 rings (SSSR count). The van der Waals surface area contributed by atoms with E-state index in [1.54, 1.807) is 30.3 Å². The quantitative estimate of drug-likeness (QED) is 0.525. The minimum Gasteiger partial charge on any atom is -0.507 e. The van der Waals surface area contributed by atoms with Gasteiger partial charge >= 0.3 is 0 Å². The van der Waals surface area contributed by atoms with Crippen LogP contribution in [0.1, 0.15) is 43.0 Å². The second-order valence-electron chi connectivity index (χ2n) is 6.59. The number of aryl methyl sites for hydroxylation is 2. The summed E-state index contributed by atoms with van der Waals surface area (Å²) in [4.78, 5) is 25.9. The van der Waals surface area contributed by atoms with Crippen LogP contribution < -0.4 is 5.32 Å². The van der Waals surface area contributed by atoms with E-state index >= 15 is 0 Å². The maximum atomic E-state index is 13.0. The van der Waals surface area contributed by atoms with Crippen LogP contribution in [0.3, 0.4) is 0 Å². The normalized spacial score (nSPS) is 12.5. The van der Waals surface area contributed by atoms with Gasteiger partial charge in [-0.3, -0.25) is 9.59 Å². The lowest BCUT2D eigenvalue weighted by molar-refractivity contribution is 0.0977. The van der Waals surface area contributed by atoms with E-state index in [4.69, 9.17) is 0 Å². The van der Waals surface area contributed by atoms with Gasteiger partial charge in [0.05, 0.1) is 16.8 Å². The zero-order chi connectivity index (χ0) is 18.4. The molecule has 3 aromatic rings. The molecule has 3 aromatic carbocycles. The molecule has 4 heteroatoms. The van der Waals surface area contributed by atoms with Gasteiger partial charge in [0.1, 0.15) is 5.75 Å². The average molecular weight is 343 g/mol. The average Bonchev–Trinajstić information content (AvgIpc) is 2.60. The molecule has 0 saturated heterocycles. The number of benzene rings is 3. The van der Waals surface area contributed by atoms with Crippen molar-refractivity contribution in [2.75, 3.05) is 5.32 Å². The van der Waals surface area contributed by atoms with E-state index in [0.29, 0.717) is 16.8 Å². The van der Waals surface area contributed by atoms with E-state index in [1.807, 2.05) is 26.0 Å². The molecular weight excluding hydrogens is 326 g/mol. The molecule has 2 N–H and O–H groups in total. The predicted molar refractivity (Wildman–Crippen MR) is 101 cm³/mol. The summed E-state index contributed by atoms with van der Waals surface area (Å²) >= 11 is 0. The zero-order valence-corrected chi connectivity index (χ0v) is 14.5. The molecule has 0 bridgehead atoms. The number of ketones is 2. The molecule has 0 amide bonds. The van der Waals surface area contributed by atoms with Gasteiger partial charge < -0.3 is 10.4 Å². The second-order valence-corrected chi connectivity index (χ2v) is 6.59. The number of hydrogen-bond donors (Lipinski definition) is 2. The van der Waals surface area contributed by atoms with Crippen molar-refractivity contribution in [1.82, 2.24) is 0 Å². The van der Waals surface area contributed by atoms with Gasteiger partial charge in [-0.15, -0.1) is 0 Å². The topological polar surface area (TPSA) is 66.4 Å². The summed E-state index contributed by atoms with van der Waals surface area (Å²) in [6, 6.07) is 15.8. The molecule has 0 radical (unpaired) electrons. The number of rotatable bonds is 2. The number of carbonyl (C=O) groups is 2. The number of nitrogens with one attached hydrogen (secondary N) is 1. The van der Waals surface area contributed by atoms with Crippen LogP contribution in [0.5, 0.6) is 5.75 Å². The van der Waals surface area contributed by atoms with E-state index in [-0.39, 0.29) is 28.4 Å². The zero-order valence-electron chi connectivity index (χ0n) is 14.5. The molecule has 0 unspecified atom stereocenters. The SMILES string of the molecule is Cc1cc(C)cc(Nc2ccc(O)c3c2C(=O)c2ccccc2C3=O)c1. The van der Waals surface area contributed by atoms with Crippen molar-refractivity contribution in [2.24, 2.45) is 0 Å². The van der Waals surface area contributed by atoms with Crippen molar-refractivity contribution in [1.29, 1.82) is 0 Å². The lowest BCUT2D eigenvalue weighted by Crippen LogP contribution is -2.22. The van der Waals surface area contributed by atoms with Crippen molar-refractivity contribution in [3.05, 3.63) is 88.0 Å². The first-order valence-corrected chi connectivity index (χ1v) is 8.35. The monoisotopic (exact) mass is 343 g/mol. The highest BCUT2D eigenvalue weighted by atomic mass is 16.3. The van der Waals surface area contributed by atoms with Crippen molar-refractivity contribution < 1.29 is 14.7 Å². The molecule has 0 heterocycles. The third kappa shape index (κ3) is 2.47. The Hall–Kier alpha value is -3.40. The Kier molecular flexibility index (Phi) is 3.62. The van der Waals surface area contributed by atoms with Gasteiger partial charge in [-0.2, -0.15) is 0 Å². The van der Waals surface area contributed by atoms with E-state index in [2.05, 4.69) is 11.4 Å². The van der Waals surface area contributed by atoms with E-state index in [1.165, 1.54) is 6.07 Å². The van der Waals surface area contributed by atoms with Crippen LogP contribution in [0, 0.1) is 13.8 Å². The van der Waals surface area contributed by atoms with E-state index in [0.717, 1.165) is 16.8 Å². The minimum atomic E-state index is -0.336. The Morgan fingerprint density at radius 1 is 0.769 bits per heavy atom. The molecule has 1 aliphatic rings. The van der Waals surface area contributed by atoms with Crippen LogP contribution >= 0.6 is 0 Å². The molecule has 0 spiro atoms. The van der Waals surface area contributed by atoms with Crippen molar-refractivity contribution >= 4 is 22.9 Å². The molecule has 26 heavy (non-hydrogen) atoms. The highest BCUT2D eigenvalue weighted by Gasteiger charge is 2.33. The van der Waals surface area contributed by atoms with Crippen LogP contribution in [-0.2, 0) is 0 Å². The smallest absolute Gasteiger partial charge is 0.198 e. The third-order valence-electron chi connectivity index (χ3n) is 4.55. The first-order chi connectivity index (χ1) is 12.5. The molecule has 0 aliphatic heterocycles. The predicted octanol–water partition coefficient (Wildman–Crippen LogP) is 4.53. The number of phenols is 1. The number of hydrogen-bond acceptors (Lipinski definition) is 4.